The molecule has 3 aromatic rings. The van der Waals surface area contributed by atoms with E-state index in [1.807, 2.05) is 70.2 Å². The predicted molar refractivity (Wildman–Crippen MR) is 126 cm³/mol. The van der Waals surface area contributed by atoms with Crippen LogP contribution in [0.15, 0.2) is 66.4 Å². The Labute approximate surface area is 187 Å². The number of halogens is 1. The maximum Gasteiger partial charge on any atom is 0.282 e. The molecule has 1 heterocycles. The molecule has 1 N–H and O–H groups in total. The topological polar surface area (TPSA) is 49.4 Å². The second-order valence-corrected chi connectivity index (χ2v) is 8.35. The monoisotopic (exact) mass is 430 g/mol. The van der Waals surface area contributed by atoms with Crippen molar-refractivity contribution in [3.05, 3.63) is 99.2 Å². The zero-order valence-corrected chi connectivity index (χ0v) is 18.7. The van der Waals surface area contributed by atoms with Gasteiger partial charge in [0.2, 0.25) is 0 Å². The van der Waals surface area contributed by atoms with Gasteiger partial charge in [0.15, 0.2) is 0 Å². The van der Waals surface area contributed by atoms with Crippen LogP contribution in [0.2, 0.25) is 5.02 Å². The summed E-state index contributed by atoms with van der Waals surface area (Å²) in [4.78, 5) is 28.3. The summed E-state index contributed by atoms with van der Waals surface area (Å²) < 4.78 is 0. The van der Waals surface area contributed by atoms with Crippen molar-refractivity contribution in [2.45, 2.75) is 27.7 Å². The summed E-state index contributed by atoms with van der Waals surface area (Å²) in [6, 6.07) is 18.7. The summed E-state index contributed by atoms with van der Waals surface area (Å²) in [6.07, 6.45) is 0. The molecule has 0 saturated carbocycles. The van der Waals surface area contributed by atoms with E-state index in [0.29, 0.717) is 21.8 Å². The Morgan fingerprint density at radius 2 is 1.42 bits per heavy atom. The summed E-state index contributed by atoms with van der Waals surface area (Å²) in [5.41, 5.74) is 6.67. The van der Waals surface area contributed by atoms with Crippen LogP contribution in [0.5, 0.6) is 0 Å². The molecule has 0 radical (unpaired) electrons. The Hall–Kier alpha value is -3.37. The number of hydrogen-bond donors (Lipinski definition) is 1. The molecule has 0 unspecified atom stereocenters. The normalized spacial score (nSPS) is 13.9. The summed E-state index contributed by atoms with van der Waals surface area (Å²) in [5.74, 6) is -0.769. The minimum absolute atomic E-state index is 0.261. The van der Waals surface area contributed by atoms with Crippen molar-refractivity contribution in [3.63, 3.8) is 0 Å². The van der Waals surface area contributed by atoms with Gasteiger partial charge >= 0.3 is 0 Å². The molecule has 5 heteroatoms. The molecular formula is C26H23ClN2O2. The van der Waals surface area contributed by atoms with Crippen LogP contribution in [0.3, 0.4) is 0 Å². The van der Waals surface area contributed by atoms with Crippen LogP contribution in [0, 0.1) is 27.7 Å². The fourth-order valence-corrected chi connectivity index (χ4v) is 3.81. The smallest absolute Gasteiger partial charge is 0.282 e. The lowest BCUT2D eigenvalue weighted by atomic mass is 10.0. The van der Waals surface area contributed by atoms with Crippen LogP contribution in [0.4, 0.5) is 11.4 Å². The predicted octanol–water partition coefficient (Wildman–Crippen LogP) is 5.97. The Bertz CT molecular complexity index is 1240. The maximum atomic E-state index is 13.6. The van der Waals surface area contributed by atoms with Gasteiger partial charge in [0.1, 0.15) is 5.70 Å². The molecule has 4 rings (SSSR count). The van der Waals surface area contributed by atoms with E-state index >= 15 is 0 Å². The zero-order chi connectivity index (χ0) is 22.3. The van der Waals surface area contributed by atoms with Gasteiger partial charge < -0.3 is 5.32 Å². The molecule has 2 amide bonds. The number of amides is 2. The van der Waals surface area contributed by atoms with Crippen molar-refractivity contribution in [2.75, 3.05) is 10.2 Å². The molecule has 0 bridgehead atoms. The van der Waals surface area contributed by atoms with Gasteiger partial charge in [-0.05, 0) is 74.2 Å². The molecule has 31 heavy (non-hydrogen) atoms. The van der Waals surface area contributed by atoms with E-state index < -0.39 is 5.91 Å². The molecular weight excluding hydrogens is 408 g/mol. The fraction of sp³-hybridized carbons (Fsp3) is 0.154. The quantitative estimate of drug-likeness (QED) is 0.518. The highest BCUT2D eigenvalue weighted by molar-refractivity contribution is 6.46. The highest BCUT2D eigenvalue weighted by Crippen LogP contribution is 2.36. The minimum Gasteiger partial charge on any atom is -0.350 e. The van der Waals surface area contributed by atoms with Gasteiger partial charge in [-0.1, -0.05) is 53.6 Å². The van der Waals surface area contributed by atoms with Gasteiger partial charge in [-0.15, -0.1) is 0 Å². The number of nitrogens with one attached hydrogen (secondary N) is 1. The highest BCUT2D eigenvalue weighted by atomic mass is 35.5. The molecule has 156 valence electrons. The van der Waals surface area contributed by atoms with Crippen molar-refractivity contribution in [2.24, 2.45) is 0 Å². The second kappa shape index (κ2) is 8.05. The van der Waals surface area contributed by atoms with E-state index in [4.69, 9.17) is 11.6 Å². The molecule has 3 aromatic carbocycles. The van der Waals surface area contributed by atoms with E-state index in [9.17, 15) is 9.59 Å². The first-order valence-electron chi connectivity index (χ1n) is 10.1. The van der Waals surface area contributed by atoms with E-state index in [0.717, 1.165) is 27.9 Å². The number of anilines is 2. The number of carbonyl (C=O) groups is 2. The molecule has 0 aliphatic carbocycles. The standard InChI is InChI=1S/C26H23ClN2O2/c1-15-5-9-19(10-6-15)23-24(28-21-12-8-16(2)18(4)13-21)26(31)29(25(23)30)22-14-20(27)11-7-17(22)3/h5-14,28H,1-4H3. The van der Waals surface area contributed by atoms with Crippen LogP contribution in [0.1, 0.15) is 27.8 Å². The van der Waals surface area contributed by atoms with Crippen LogP contribution < -0.4 is 10.2 Å². The number of carbonyl (C=O) groups excluding carboxylic acids is 2. The maximum absolute atomic E-state index is 13.6. The van der Waals surface area contributed by atoms with Crippen molar-refractivity contribution in [3.8, 4) is 0 Å². The average Bonchev–Trinajstić information content (AvgIpc) is 2.97. The van der Waals surface area contributed by atoms with Crippen molar-refractivity contribution >= 4 is 40.4 Å². The van der Waals surface area contributed by atoms with E-state index in [-0.39, 0.29) is 11.6 Å². The molecule has 0 saturated heterocycles. The Balaban J connectivity index is 1.85. The largest absolute Gasteiger partial charge is 0.350 e. The lowest BCUT2D eigenvalue weighted by molar-refractivity contribution is -0.120. The summed E-state index contributed by atoms with van der Waals surface area (Å²) in [5, 5.41) is 3.69. The van der Waals surface area contributed by atoms with Gasteiger partial charge in [0, 0.05) is 10.7 Å². The number of rotatable bonds is 4. The molecule has 0 spiro atoms. The zero-order valence-electron chi connectivity index (χ0n) is 17.9. The first kappa shape index (κ1) is 20.9. The van der Waals surface area contributed by atoms with Crippen molar-refractivity contribution in [1.29, 1.82) is 0 Å². The number of nitrogens with zero attached hydrogens (tertiary/aromatic N) is 1. The Morgan fingerprint density at radius 1 is 0.742 bits per heavy atom. The van der Waals surface area contributed by atoms with Crippen LogP contribution in [0.25, 0.3) is 5.57 Å². The summed E-state index contributed by atoms with van der Waals surface area (Å²) >= 11 is 6.18. The van der Waals surface area contributed by atoms with Gasteiger partial charge in [0.05, 0.1) is 11.3 Å². The number of imide groups is 1. The first-order chi connectivity index (χ1) is 14.8. The third-order valence-electron chi connectivity index (χ3n) is 5.61. The lowest BCUT2D eigenvalue weighted by Gasteiger charge is -2.18. The van der Waals surface area contributed by atoms with Crippen molar-refractivity contribution < 1.29 is 9.59 Å². The highest BCUT2D eigenvalue weighted by Gasteiger charge is 2.40. The second-order valence-electron chi connectivity index (χ2n) is 7.92. The summed E-state index contributed by atoms with van der Waals surface area (Å²) in [6.45, 7) is 7.88. The molecule has 0 fully saturated rings. The minimum atomic E-state index is -0.399. The number of aryl methyl sites for hydroxylation is 4. The van der Waals surface area contributed by atoms with Crippen LogP contribution in [-0.2, 0) is 9.59 Å². The molecule has 4 nitrogen and oxygen atoms in total. The van der Waals surface area contributed by atoms with Gasteiger partial charge in [-0.3, -0.25) is 9.59 Å². The lowest BCUT2D eigenvalue weighted by Crippen LogP contribution is -2.33. The van der Waals surface area contributed by atoms with E-state index in [1.54, 1.807) is 18.2 Å². The summed E-state index contributed by atoms with van der Waals surface area (Å²) in [7, 11) is 0. The van der Waals surface area contributed by atoms with Gasteiger partial charge in [0.25, 0.3) is 11.8 Å². The van der Waals surface area contributed by atoms with Gasteiger partial charge in [-0.25, -0.2) is 4.90 Å². The Kier molecular flexibility index (Phi) is 5.42. The van der Waals surface area contributed by atoms with Gasteiger partial charge in [-0.2, -0.15) is 0 Å². The third-order valence-corrected chi connectivity index (χ3v) is 5.85. The van der Waals surface area contributed by atoms with E-state index in [1.165, 1.54) is 4.90 Å². The molecule has 1 aliphatic heterocycles. The fourth-order valence-electron chi connectivity index (χ4n) is 3.64. The van der Waals surface area contributed by atoms with Crippen molar-refractivity contribution in [1.82, 2.24) is 0 Å². The third kappa shape index (κ3) is 3.87. The SMILES string of the molecule is Cc1ccc(C2=C(Nc3ccc(C)c(C)c3)C(=O)N(c3cc(Cl)ccc3C)C2=O)cc1. The number of benzene rings is 3. The van der Waals surface area contributed by atoms with E-state index in [2.05, 4.69) is 5.32 Å². The molecule has 0 atom stereocenters. The number of hydrogen-bond acceptors (Lipinski definition) is 3. The molecule has 1 aliphatic rings. The average molecular weight is 431 g/mol. The van der Waals surface area contributed by atoms with Crippen LogP contribution >= 0.6 is 11.6 Å². The van der Waals surface area contributed by atoms with Crippen LogP contribution in [-0.4, -0.2) is 11.8 Å². The first-order valence-corrected chi connectivity index (χ1v) is 10.4. The Morgan fingerprint density at radius 3 is 2.10 bits per heavy atom. The molecule has 0 aromatic heterocycles.